The lowest BCUT2D eigenvalue weighted by Gasteiger charge is -2.18. The summed E-state index contributed by atoms with van der Waals surface area (Å²) in [7, 11) is 1.63. The predicted molar refractivity (Wildman–Crippen MR) is 87.7 cm³/mol. The van der Waals surface area contributed by atoms with Gasteiger partial charge in [-0.25, -0.2) is 4.90 Å². The molecule has 1 N–H and O–H groups in total. The molecule has 3 amide bonds. The van der Waals surface area contributed by atoms with E-state index in [4.69, 9.17) is 4.74 Å². The van der Waals surface area contributed by atoms with E-state index in [0.717, 1.165) is 17.7 Å². The highest BCUT2D eigenvalue weighted by molar-refractivity contribution is 6.24. The molecular formula is C17H22N4O4. The summed E-state index contributed by atoms with van der Waals surface area (Å²) in [5.74, 6) is -1.42. The van der Waals surface area contributed by atoms with Gasteiger partial charge in [0.05, 0.1) is 30.2 Å². The second-order valence-electron chi connectivity index (χ2n) is 7.46. The van der Waals surface area contributed by atoms with E-state index in [1.165, 1.54) is 10.9 Å². The van der Waals surface area contributed by atoms with Crippen molar-refractivity contribution in [2.75, 3.05) is 11.4 Å². The molecule has 3 saturated heterocycles. The van der Waals surface area contributed by atoms with E-state index in [0.29, 0.717) is 12.5 Å². The van der Waals surface area contributed by atoms with E-state index >= 15 is 0 Å². The van der Waals surface area contributed by atoms with Gasteiger partial charge in [-0.2, -0.15) is 5.10 Å². The van der Waals surface area contributed by atoms with E-state index < -0.39 is 11.8 Å². The van der Waals surface area contributed by atoms with Crippen molar-refractivity contribution in [2.45, 2.75) is 38.9 Å². The topological polar surface area (TPSA) is 93.5 Å². The third-order valence-corrected chi connectivity index (χ3v) is 5.33. The molecule has 0 unspecified atom stereocenters. The molecule has 4 rings (SSSR count). The van der Waals surface area contributed by atoms with E-state index in [2.05, 4.69) is 10.4 Å². The first-order chi connectivity index (χ1) is 11.9. The van der Waals surface area contributed by atoms with Gasteiger partial charge in [-0.3, -0.25) is 19.1 Å². The average Bonchev–Trinajstić information content (AvgIpc) is 3.30. The van der Waals surface area contributed by atoms with Gasteiger partial charge in [0.1, 0.15) is 11.4 Å². The number of carbonyl (C=O) groups is 3. The van der Waals surface area contributed by atoms with Gasteiger partial charge in [0.15, 0.2) is 0 Å². The zero-order chi connectivity index (χ0) is 17.9. The Morgan fingerprint density at radius 2 is 1.88 bits per heavy atom. The molecule has 1 aromatic rings. The second kappa shape index (κ2) is 5.66. The number of carbonyl (C=O) groups excluding carboxylic acids is 3. The Morgan fingerprint density at radius 1 is 1.28 bits per heavy atom. The smallest absolute Gasteiger partial charge is 0.271 e. The number of ether oxygens (including phenoxy) is 1. The number of imide groups is 1. The van der Waals surface area contributed by atoms with Crippen molar-refractivity contribution in [3.8, 4) is 0 Å². The molecule has 0 spiro atoms. The Kier molecular flexibility index (Phi) is 3.68. The SMILES string of the molecule is CC(C)CNC(=O)c1c(N2C(=O)[C@@H]3[C@H](C2=O)[C@H]2CC[C@@H]3O2)cnn1C. The molecule has 4 heterocycles. The summed E-state index contributed by atoms with van der Waals surface area (Å²) >= 11 is 0. The molecule has 0 radical (unpaired) electrons. The summed E-state index contributed by atoms with van der Waals surface area (Å²) in [4.78, 5) is 39.5. The number of hydrogen-bond acceptors (Lipinski definition) is 5. The monoisotopic (exact) mass is 346 g/mol. The molecule has 25 heavy (non-hydrogen) atoms. The molecule has 8 nitrogen and oxygen atoms in total. The Labute approximate surface area is 145 Å². The van der Waals surface area contributed by atoms with Crippen LogP contribution in [0.3, 0.4) is 0 Å². The van der Waals surface area contributed by atoms with E-state index in [-0.39, 0.29) is 41.3 Å². The Hall–Kier alpha value is -2.22. The maximum Gasteiger partial charge on any atom is 0.271 e. The Bertz CT molecular complexity index is 728. The first-order valence-electron chi connectivity index (χ1n) is 8.73. The van der Waals surface area contributed by atoms with E-state index in [9.17, 15) is 14.4 Å². The largest absolute Gasteiger partial charge is 0.373 e. The Balaban J connectivity index is 1.66. The zero-order valence-electron chi connectivity index (χ0n) is 14.6. The van der Waals surface area contributed by atoms with Crippen LogP contribution < -0.4 is 10.2 Å². The molecule has 0 aliphatic carbocycles. The van der Waals surface area contributed by atoms with Gasteiger partial charge in [0.25, 0.3) is 5.91 Å². The summed E-state index contributed by atoms with van der Waals surface area (Å²) in [5, 5.41) is 6.93. The minimum absolute atomic E-state index is 0.175. The summed E-state index contributed by atoms with van der Waals surface area (Å²) < 4.78 is 7.15. The van der Waals surface area contributed by atoms with Crippen molar-refractivity contribution in [1.29, 1.82) is 0 Å². The normalized spacial score (nSPS) is 30.5. The summed E-state index contributed by atoms with van der Waals surface area (Å²) in [5.41, 5.74) is 0.503. The quantitative estimate of drug-likeness (QED) is 0.800. The number of nitrogens with zero attached hydrogens (tertiary/aromatic N) is 3. The first kappa shape index (κ1) is 16.3. The second-order valence-corrected chi connectivity index (χ2v) is 7.46. The minimum Gasteiger partial charge on any atom is -0.373 e. The van der Waals surface area contributed by atoms with Crippen LogP contribution in [0.1, 0.15) is 37.2 Å². The molecule has 2 bridgehead atoms. The number of aryl methyl sites for hydroxylation is 1. The molecule has 4 atom stereocenters. The fourth-order valence-corrected chi connectivity index (χ4v) is 4.18. The maximum absolute atomic E-state index is 12.9. The van der Waals surface area contributed by atoms with Gasteiger partial charge in [0, 0.05) is 13.6 Å². The standard InChI is InChI=1S/C17H22N4O4/c1-8(2)6-18-15(22)14-9(7-19-20(14)3)21-16(23)12-10-4-5-11(25-10)13(12)17(21)24/h7-8,10-13H,4-6H2,1-3H3,(H,18,22)/t10-,11+,12-,13+. The molecule has 8 heteroatoms. The van der Waals surface area contributed by atoms with Crippen LogP contribution in [-0.4, -0.2) is 46.3 Å². The molecular weight excluding hydrogens is 324 g/mol. The molecule has 134 valence electrons. The summed E-state index contributed by atoms with van der Waals surface area (Å²) in [6.07, 6.45) is 2.70. The summed E-state index contributed by atoms with van der Waals surface area (Å²) in [6.45, 7) is 4.50. The lowest BCUT2D eigenvalue weighted by atomic mass is 9.81. The fraction of sp³-hybridized carbons (Fsp3) is 0.647. The van der Waals surface area contributed by atoms with Gasteiger partial charge >= 0.3 is 0 Å². The van der Waals surface area contributed by atoms with Crippen LogP contribution in [0.15, 0.2) is 6.20 Å². The summed E-state index contributed by atoms with van der Waals surface area (Å²) in [6, 6.07) is 0. The number of hydrogen-bond donors (Lipinski definition) is 1. The molecule has 3 aliphatic heterocycles. The highest BCUT2D eigenvalue weighted by atomic mass is 16.5. The lowest BCUT2D eigenvalue weighted by Crippen LogP contribution is -2.37. The van der Waals surface area contributed by atoms with Crippen molar-refractivity contribution < 1.29 is 19.1 Å². The van der Waals surface area contributed by atoms with Crippen LogP contribution in [0.2, 0.25) is 0 Å². The van der Waals surface area contributed by atoms with Crippen LogP contribution in [-0.2, 0) is 21.4 Å². The van der Waals surface area contributed by atoms with Crippen LogP contribution in [0.25, 0.3) is 0 Å². The molecule has 3 aliphatic rings. The van der Waals surface area contributed by atoms with Crippen molar-refractivity contribution >= 4 is 23.4 Å². The van der Waals surface area contributed by atoms with Gasteiger partial charge in [-0.05, 0) is 18.8 Å². The van der Waals surface area contributed by atoms with Crippen molar-refractivity contribution in [3.63, 3.8) is 0 Å². The third-order valence-electron chi connectivity index (χ3n) is 5.33. The molecule has 0 aromatic carbocycles. The zero-order valence-corrected chi connectivity index (χ0v) is 14.6. The number of aromatic nitrogens is 2. The van der Waals surface area contributed by atoms with Crippen molar-refractivity contribution in [2.24, 2.45) is 24.8 Å². The minimum atomic E-state index is -0.418. The Morgan fingerprint density at radius 3 is 2.44 bits per heavy atom. The maximum atomic E-state index is 12.9. The van der Waals surface area contributed by atoms with Crippen molar-refractivity contribution in [3.05, 3.63) is 11.9 Å². The van der Waals surface area contributed by atoms with Crippen LogP contribution in [0.4, 0.5) is 5.69 Å². The lowest BCUT2D eigenvalue weighted by molar-refractivity contribution is -0.124. The first-order valence-corrected chi connectivity index (χ1v) is 8.73. The highest BCUT2D eigenvalue weighted by Gasteiger charge is 2.63. The van der Waals surface area contributed by atoms with Crippen LogP contribution >= 0.6 is 0 Å². The fourth-order valence-electron chi connectivity index (χ4n) is 4.18. The highest BCUT2D eigenvalue weighted by Crippen LogP contribution is 2.49. The number of amides is 3. The number of anilines is 1. The predicted octanol–water partition coefficient (Wildman–Crippen LogP) is 0.473. The van der Waals surface area contributed by atoms with Crippen LogP contribution in [0, 0.1) is 17.8 Å². The number of rotatable bonds is 4. The molecule has 0 saturated carbocycles. The van der Waals surface area contributed by atoms with Gasteiger partial charge in [-0.1, -0.05) is 13.8 Å². The molecule has 1 aromatic heterocycles. The number of nitrogens with one attached hydrogen (secondary N) is 1. The number of fused-ring (bicyclic) bond motifs is 5. The third kappa shape index (κ3) is 2.31. The van der Waals surface area contributed by atoms with Crippen molar-refractivity contribution in [1.82, 2.24) is 15.1 Å². The average molecular weight is 346 g/mol. The van der Waals surface area contributed by atoms with Crippen LogP contribution in [0.5, 0.6) is 0 Å². The van der Waals surface area contributed by atoms with E-state index in [1.54, 1.807) is 7.05 Å². The van der Waals surface area contributed by atoms with Gasteiger partial charge in [0.2, 0.25) is 11.8 Å². The van der Waals surface area contributed by atoms with Gasteiger partial charge < -0.3 is 10.1 Å². The van der Waals surface area contributed by atoms with Gasteiger partial charge in [-0.15, -0.1) is 0 Å². The molecule has 3 fully saturated rings. The van der Waals surface area contributed by atoms with E-state index in [1.807, 2.05) is 13.8 Å².